The highest BCUT2D eigenvalue weighted by atomic mass is 32.2. The van der Waals surface area contributed by atoms with Gasteiger partial charge in [0.05, 0.1) is 31.3 Å². The number of ether oxygens (including phenoxy) is 2. The van der Waals surface area contributed by atoms with E-state index in [1.165, 1.54) is 4.31 Å². The van der Waals surface area contributed by atoms with Crippen LogP contribution < -0.4 is 4.74 Å². The lowest BCUT2D eigenvalue weighted by molar-refractivity contribution is -0.120. The first kappa shape index (κ1) is 19.7. The lowest BCUT2D eigenvalue weighted by Crippen LogP contribution is -2.44. The van der Waals surface area contributed by atoms with E-state index in [4.69, 9.17) is 9.47 Å². The Bertz CT molecular complexity index is 1040. The fourth-order valence-electron chi connectivity index (χ4n) is 3.38. The van der Waals surface area contributed by atoms with E-state index < -0.39 is 10.0 Å². The van der Waals surface area contributed by atoms with Gasteiger partial charge in [-0.2, -0.15) is 0 Å². The minimum atomic E-state index is -3.62. The highest BCUT2D eigenvalue weighted by Crippen LogP contribution is 2.33. The molecule has 0 saturated carbocycles. The molecule has 0 aromatic heterocycles. The molecule has 6 heteroatoms. The fourth-order valence-corrected chi connectivity index (χ4v) is 5.05. The van der Waals surface area contributed by atoms with Crippen molar-refractivity contribution in [1.82, 2.24) is 4.31 Å². The number of sulfonamides is 1. The molecule has 152 valence electrons. The van der Waals surface area contributed by atoms with E-state index in [9.17, 15) is 8.42 Å². The van der Waals surface area contributed by atoms with Gasteiger partial charge in [0.25, 0.3) is 10.0 Å². The van der Waals surface area contributed by atoms with Crippen molar-refractivity contribution in [3.8, 4) is 5.75 Å². The van der Waals surface area contributed by atoms with Crippen LogP contribution >= 0.6 is 0 Å². The zero-order valence-corrected chi connectivity index (χ0v) is 17.5. The van der Waals surface area contributed by atoms with Gasteiger partial charge in [-0.1, -0.05) is 49.4 Å². The predicted octanol–water partition coefficient (Wildman–Crippen LogP) is 4.19. The van der Waals surface area contributed by atoms with Crippen molar-refractivity contribution >= 4 is 14.9 Å². The van der Waals surface area contributed by atoms with Crippen molar-refractivity contribution in [2.24, 2.45) is 5.41 Å². The van der Waals surface area contributed by atoms with E-state index in [1.54, 1.807) is 6.08 Å². The summed E-state index contributed by atoms with van der Waals surface area (Å²) in [5, 5.41) is 0. The first-order valence-corrected chi connectivity index (χ1v) is 11.1. The van der Waals surface area contributed by atoms with Gasteiger partial charge in [-0.05, 0) is 42.3 Å². The van der Waals surface area contributed by atoms with Gasteiger partial charge in [0.15, 0.2) is 0 Å². The summed E-state index contributed by atoms with van der Waals surface area (Å²) in [4.78, 5) is 0.319. The van der Waals surface area contributed by atoms with Crippen LogP contribution in [0, 0.1) is 5.41 Å². The number of benzene rings is 2. The van der Waals surface area contributed by atoms with Crippen molar-refractivity contribution < 1.29 is 17.9 Å². The van der Waals surface area contributed by atoms with Crippen LogP contribution in [0.1, 0.15) is 25.0 Å². The molecular weight excluding hydrogens is 386 g/mol. The second kappa shape index (κ2) is 7.69. The maximum absolute atomic E-state index is 13.2. The molecule has 29 heavy (non-hydrogen) atoms. The normalized spacial score (nSPS) is 19.7. The second-order valence-corrected chi connectivity index (χ2v) is 9.78. The molecule has 0 aliphatic carbocycles. The van der Waals surface area contributed by atoms with Gasteiger partial charge in [0.1, 0.15) is 5.75 Å². The number of hydrogen-bond donors (Lipinski definition) is 0. The molecule has 4 rings (SSSR count). The van der Waals surface area contributed by atoms with Gasteiger partial charge < -0.3 is 9.47 Å². The molecule has 1 saturated heterocycles. The number of hydrogen-bond acceptors (Lipinski definition) is 4. The molecule has 0 N–H and O–H groups in total. The highest BCUT2D eigenvalue weighted by molar-refractivity contribution is 7.98. The monoisotopic (exact) mass is 411 g/mol. The Hall–Kier alpha value is -2.57. The van der Waals surface area contributed by atoms with Crippen molar-refractivity contribution in [2.45, 2.75) is 20.4 Å². The zero-order chi connectivity index (χ0) is 20.5. The summed E-state index contributed by atoms with van der Waals surface area (Å²) in [5.41, 5.74) is 2.38. The number of allylic oxidation sites excluding steroid dienone is 3. The molecule has 2 heterocycles. The Morgan fingerprint density at radius 2 is 1.72 bits per heavy atom. The maximum Gasteiger partial charge on any atom is 0.264 e. The first-order chi connectivity index (χ1) is 13.9. The molecule has 0 bridgehead atoms. The standard InChI is InChI=1S/C23H25NO4S/c1-18-8-13-22(20-6-4-3-5-7-20)29(25,26)24(18)14-19-9-11-21(12-10-19)28-17-23(2)15-27-16-23/h3-13H,14-17H2,1-2H3. The third kappa shape index (κ3) is 4.09. The molecule has 1 fully saturated rings. The molecule has 0 unspecified atom stereocenters. The smallest absolute Gasteiger partial charge is 0.264 e. The summed E-state index contributed by atoms with van der Waals surface area (Å²) in [6.45, 7) is 6.29. The third-order valence-corrected chi connectivity index (χ3v) is 7.16. The predicted molar refractivity (Wildman–Crippen MR) is 114 cm³/mol. The van der Waals surface area contributed by atoms with E-state index in [1.807, 2.05) is 67.6 Å². The molecule has 2 aliphatic heterocycles. The maximum atomic E-state index is 13.2. The van der Waals surface area contributed by atoms with Gasteiger partial charge in [0.2, 0.25) is 0 Å². The summed E-state index contributed by atoms with van der Waals surface area (Å²) in [6.07, 6.45) is 3.53. The van der Waals surface area contributed by atoms with E-state index in [0.29, 0.717) is 22.8 Å². The van der Waals surface area contributed by atoms with Crippen molar-refractivity contribution in [3.63, 3.8) is 0 Å². The number of nitrogens with zero attached hydrogens (tertiary/aromatic N) is 1. The van der Waals surface area contributed by atoms with E-state index in [2.05, 4.69) is 6.92 Å². The quantitative estimate of drug-likeness (QED) is 0.715. The van der Waals surface area contributed by atoms with Crippen LogP contribution in [0.3, 0.4) is 0 Å². The third-order valence-electron chi connectivity index (χ3n) is 5.23. The summed E-state index contributed by atoms with van der Waals surface area (Å²) >= 11 is 0. The van der Waals surface area contributed by atoms with Crippen LogP contribution in [0.2, 0.25) is 0 Å². The van der Waals surface area contributed by atoms with Crippen molar-refractivity contribution in [3.05, 3.63) is 83.6 Å². The van der Waals surface area contributed by atoms with Gasteiger partial charge in [-0.25, -0.2) is 8.42 Å². The van der Waals surface area contributed by atoms with Crippen LogP contribution in [-0.2, 0) is 21.3 Å². The Labute approximate surface area is 172 Å². The first-order valence-electron chi connectivity index (χ1n) is 9.64. The second-order valence-electron chi connectivity index (χ2n) is 7.95. The van der Waals surface area contributed by atoms with E-state index >= 15 is 0 Å². The Balaban J connectivity index is 1.48. The molecule has 2 aromatic rings. The SMILES string of the molecule is CC1=CC=C(c2ccccc2)S(=O)(=O)N1Cc1ccc(OCC2(C)COC2)cc1. The van der Waals surface area contributed by atoms with Crippen LogP contribution in [0.4, 0.5) is 0 Å². The largest absolute Gasteiger partial charge is 0.493 e. The average molecular weight is 412 g/mol. The highest BCUT2D eigenvalue weighted by Gasteiger charge is 2.34. The van der Waals surface area contributed by atoms with Crippen molar-refractivity contribution in [2.75, 3.05) is 19.8 Å². The Morgan fingerprint density at radius 3 is 2.34 bits per heavy atom. The molecule has 2 aromatic carbocycles. The molecule has 5 nitrogen and oxygen atoms in total. The fraction of sp³-hybridized carbons (Fsp3) is 0.304. The molecule has 0 atom stereocenters. The summed E-state index contributed by atoms with van der Waals surface area (Å²) in [5.74, 6) is 0.778. The average Bonchev–Trinajstić information content (AvgIpc) is 2.69. The van der Waals surface area contributed by atoms with Crippen LogP contribution in [0.5, 0.6) is 5.75 Å². The summed E-state index contributed by atoms with van der Waals surface area (Å²) in [7, 11) is -3.62. The lowest BCUT2D eigenvalue weighted by Gasteiger charge is -2.37. The van der Waals surface area contributed by atoms with Gasteiger partial charge in [-0.15, -0.1) is 0 Å². The topological polar surface area (TPSA) is 55.8 Å². The van der Waals surface area contributed by atoms with Crippen LogP contribution in [-0.4, -0.2) is 32.5 Å². The Morgan fingerprint density at radius 1 is 1.03 bits per heavy atom. The summed E-state index contributed by atoms with van der Waals surface area (Å²) in [6, 6.07) is 16.8. The van der Waals surface area contributed by atoms with Crippen LogP contribution in [0.15, 0.2) is 72.4 Å². The van der Waals surface area contributed by atoms with Gasteiger partial charge >= 0.3 is 0 Å². The minimum absolute atomic E-state index is 0.0859. The molecular formula is C23H25NO4S. The molecule has 0 radical (unpaired) electrons. The van der Waals surface area contributed by atoms with Crippen LogP contribution in [0.25, 0.3) is 4.91 Å². The summed E-state index contributed by atoms with van der Waals surface area (Å²) < 4.78 is 39.0. The van der Waals surface area contributed by atoms with Gasteiger partial charge in [-0.3, -0.25) is 4.31 Å². The Kier molecular flexibility index (Phi) is 5.23. The molecule has 0 spiro atoms. The molecule has 2 aliphatic rings. The number of rotatable bonds is 6. The molecule has 0 amide bonds. The van der Waals surface area contributed by atoms with Crippen molar-refractivity contribution in [1.29, 1.82) is 0 Å². The lowest BCUT2D eigenvalue weighted by atomic mass is 9.90. The van der Waals surface area contributed by atoms with E-state index in [0.717, 1.165) is 24.5 Å². The zero-order valence-electron chi connectivity index (χ0n) is 16.7. The minimum Gasteiger partial charge on any atom is -0.493 e. The van der Waals surface area contributed by atoms with Gasteiger partial charge in [0, 0.05) is 11.1 Å². The van der Waals surface area contributed by atoms with E-state index in [-0.39, 0.29) is 12.0 Å².